The summed E-state index contributed by atoms with van der Waals surface area (Å²) in [6.45, 7) is 4.33. The predicted octanol–water partition coefficient (Wildman–Crippen LogP) is 3.34. The van der Waals surface area contributed by atoms with Gasteiger partial charge in [-0.2, -0.15) is 0 Å². The third-order valence-corrected chi connectivity index (χ3v) is 5.35. The zero-order valence-corrected chi connectivity index (χ0v) is 15.3. The van der Waals surface area contributed by atoms with E-state index in [4.69, 9.17) is 4.74 Å². The molecule has 134 valence electrons. The molecule has 25 heavy (non-hydrogen) atoms. The molecule has 2 aromatic rings. The molecule has 0 aliphatic heterocycles. The van der Waals surface area contributed by atoms with E-state index in [9.17, 15) is 13.2 Å². The summed E-state index contributed by atoms with van der Waals surface area (Å²) in [7, 11) is -3.67. The van der Waals surface area contributed by atoms with Crippen LogP contribution in [0.3, 0.4) is 0 Å². The van der Waals surface area contributed by atoms with E-state index in [1.54, 1.807) is 6.92 Å². The number of ether oxygens (including phenoxy) is 1. The molecular weight excluding hydrogens is 338 g/mol. The van der Waals surface area contributed by atoms with Crippen LogP contribution in [-0.4, -0.2) is 27.5 Å². The van der Waals surface area contributed by atoms with E-state index in [0.29, 0.717) is 13.0 Å². The van der Waals surface area contributed by atoms with Crippen LogP contribution in [0.5, 0.6) is 0 Å². The van der Waals surface area contributed by atoms with Crippen LogP contribution in [0.1, 0.15) is 42.1 Å². The van der Waals surface area contributed by atoms with Crippen molar-refractivity contribution in [3.63, 3.8) is 0 Å². The molecule has 0 bridgehead atoms. The molecule has 0 fully saturated rings. The molecule has 0 aliphatic carbocycles. The second-order valence-corrected chi connectivity index (χ2v) is 7.51. The molecule has 2 aromatic carbocycles. The van der Waals surface area contributed by atoms with Gasteiger partial charge in [-0.25, -0.2) is 17.9 Å². The molecule has 5 nitrogen and oxygen atoms in total. The number of carbonyl (C=O) groups excluding carboxylic acids is 1. The molecule has 0 radical (unpaired) electrons. The summed E-state index contributed by atoms with van der Waals surface area (Å²) >= 11 is 0. The lowest BCUT2D eigenvalue weighted by Crippen LogP contribution is -2.26. The Balaban J connectivity index is 1.99. The maximum Gasteiger partial charge on any atom is 0.338 e. The number of hydrogen-bond acceptors (Lipinski definition) is 4. The van der Waals surface area contributed by atoms with Gasteiger partial charge in [0.25, 0.3) is 0 Å². The third kappa shape index (κ3) is 5.41. The summed E-state index contributed by atoms with van der Waals surface area (Å²) in [5.74, 6) is -0.285. The second kappa shape index (κ2) is 8.78. The summed E-state index contributed by atoms with van der Waals surface area (Å²) in [5.41, 5.74) is 1.40. The molecule has 0 saturated carbocycles. The number of esters is 1. The van der Waals surface area contributed by atoms with Crippen molar-refractivity contribution in [3.8, 4) is 0 Å². The van der Waals surface area contributed by atoms with Gasteiger partial charge in [0.15, 0.2) is 0 Å². The molecule has 0 saturated heterocycles. The minimum atomic E-state index is -3.67. The molecule has 0 aromatic heterocycles. The Bertz CT molecular complexity index is 803. The lowest BCUT2D eigenvalue weighted by atomic mass is 9.98. The fourth-order valence-electron chi connectivity index (χ4n) is 2.45. The number of rotatable bonds is 8. The molecule has 1 atom stereocenters. The topological polar surface area (TPSA) is 72.5 Å². The number of hydrogen-bond donors (Lipinski definition) is 1. The maximum atomic E-state index is 12.4. The van der Waals surface area contributed by atoms with Gasteiger partial charge in [0.2, 0.25) is 10.0 Å². The van der Waals surface area contributed by atoms with Crippen molar-refractivity contribution < 1.29 is 17.9 Å². The number of sulfonamides is 1. The Hall–Kier alpha value is -2.18. The van der Waals surface area contributed by atoms with Gasteiger partial charge in [0, 0.05) is 6.54 Å². The Morgan fingerprint density at radius 3 is 2.52 bits per heavy atom. The van der Waals surface area contributed by atoms with Crippen LogP contribution in [-0.2, 0) is 14.8 Å². The summed E-state index contributed by atoms with van der Waals surface area (Å²) in [6, 6.07) is 15.8. The lowest BCUT2D eigenvalue weighted by molar-refractivity contribution is 0.0526. The van der Waals surface area contributed by atoms with Gasteiger partial charge < -0.3 is 4.74 Å². The van der Waals surface area contributed by atoms with Crippen molar-refractivity contribution in [3.05, 3.63) is 65.7 Å². The van der Waals surface area contributed by atoms with Crippen molar-refractivity contribution in [2.45, 2.75) is 31.1 Å². The average Bonchev–Trinajstić information content (AvgIpc) is 2.62. The van der Waals surface area contributed by atoms with E-state index in [0.717, 1.165) is 0 Å². The van der Waals surface area contributed by atoms with Gasteiger partial charge in [-0.15, -0.1) is 0 Å². The van der Waals surface area contributed by atoms with Gasteiger partial charge in [0.1, 0.15) is 0 Å². The first-order valence-electron chi connectivity index (χ1n) is 8.26. The standard InChI is InChI=1S/C19H23NO4S/c1-3-24-19(21)17-10-7-11-18(14-17)25(22,23)20-13-12-15(2)16-8-5-4-6-9-16/h4-11,14-15,20H,3,12-13H2,1-2H3. The van der Waals surface area contributed by atoms with E-state index < -0.39 is 16.0 Å². The van der Waals surface area contributed by atoms with Crippen molar-refractivity contribution in [1.29, 1.82) is 0 Å². The fraction of sp³-hybridized carbons (Fsp3) is 0.316. The van der Waals surface area contributed by atoms with Crippen LogP contribution in [0.15, 0.2) is 59.5 Å². The molecular formula is C19H23NO4S. The molecule has 1 N–H and O–H groups in total. The van der Waals surface area contributed by atoms with Crippen LogP contribution in [0.2, 0.25) is 0 Å². The molecule has 0 amide bonds. The Morgan fingerprint density at radius 1 is 1.12 bits per heavy atom. The van der Waals surface area contributed by atoms with Crippen molar-refractivity contribution >= 4 is 16.0 Å². The zero-order chi connectivity index (χ0) is 18.3. The predicted molar refractivity (Wildman–Crippen MR) is 97.1 cm³/mol. The van der Waals surface area contributed by atoms with E-state index in [1.807, 2.05) is 30.3 Å². The van der Waals surface area contributed by atoms with Crippen LogP contribution < -0.4 is 4.72 Å². The van der Waals surface area contributed by atoms with Crippen molar-refractivity contribution in [2.75, 3.05) is 13.2 Å². The first-order valence-corrected chi connectivity index (χ1v) is 9.74. The molecule has 1 unspecified atom stereocenters. The van der Waals surface area contributed by atoms with Crippen molar-refractivity contribution in [1.82, 2.24) is 4.72 Å². The second-order valence-electron chi connectivity index (χ2n) is 5.75. The average molecular weight is 361 g/mol. The summed E-state index contributed by atoms with van der Waals surface area (Å²) in [6.07, 6.45) is 0.681. The quantitative estimate of drug-likeness (QED) is 0.732. The van der Waals surface area contributed by atoms with Gasteiger partial charge in [0.05, 0.1) is 17.1 Å². The Morgan fingerprint density at radius 2 is 1.84 bits per heavy atom. The highest BCUT2D eigenvalue weighted by molar-refractivity contribution is 7.89. The SMILES string of the molecule is CCOC(=O)c1cccc(S(=O)(=O)NCCC(C)c2ccccc2)c1. The van der Waals surface area contributed by atoms with E-state index >= 15 is 0 Å². The molecule has 2 rings (SSSR count). The summed E-state index contributed by atoms with van der Waals surface area (Å²) in [5, 5.41) is 0. The highest BCUT2D eigenvalue weighted by Crippen LogP contribution is 2.18. The lowest BCUT2D eigenvalue weighted by Gasteiger charge is -2.13. The highest BCUT2D eigenvalue weighted by atomic mass is 32.2. The largest absolute Gasteiger partial charge is 0.462 e. The minimum absolute atomic E-state index is 0.0606. The van der Waals surface area contributed by atoms with E-state index in [-0.39, 0.29) is 23.0 Å². The summed E-state index contributed by atoms with van der Waals surface area (Å²) < 4.78 is 32.3. The Labute approximate surface area is 149 Å². The number of nitrogens with one attached hydrogen (secondary N) is 1. The van der Waals surface area contributed by atoms with Crippen LogP contribution >= 0.6 is 0 Å². The van der Waals surface area contributed by atoms with E-state index in [2.05, 4.69) is 11.6 Å². The normalized spacial score (nSPS) is 12.6. The number of benzene rings is 2. The van der Waals surface area contributed by atoms with Gasteiger partial charge >= 0.3 is 5.97 Å². The maximum absolute atomic E-state index is 12.4. The van der Waals surface area contributed by atoms with Crippen LogP contribution in [0.4, 0.5) is 0 Å². The fourth-order valence-corrected chi connectivity index (χ4v) is 3.54. The monoisotopic (exact) mass is 361 g/mol. The minimum Gasteiger partial charge on any atom is -0.462 e. The number of carbonyl (C=O) groups is 1. The molecule has 0 heterocycles. The third-order valence-electron chi connectivity index (χ3n) is 3.89. The van der Waals surface area contributed by atoms with Crippen molar-refractivity contribution in [2.24, 2.45) is 0 Å². The van der Waals surface area contributed by atoms with Gasteiger partial charge in [-0.05, 0) is 43.0 Å². The van der Waals surface area contributed by atoms with E-state index in [1.165, 1.54) is 29.8 Å². The smallest absolute Gasteiger partial charge is 0.338 e. The van der Waals surface area contributed by atoms with Crippen LogP contribution in [0, 0.1) is 0 Å². The molecule has 0 spiro atoms. The Kier molecular flexibility index (Phi) is 6.73. The highest BCUT2D eigenvalue weighted by Gasteiger charge is 2.17. The van der Waals surface area contributed by atoms with Gasteiger partial charge in [-0.3, -0.25) is 0 Å². The first-order chi connectivity index (χ1) is 11.9. The van der Waals surface area contributed by atoms with Gasteiger partial charge in [-0.1, -0.05) is 43.3 Å². The zero-order valence-electron chi connectivity index (χ0n) is 14.4. The molecule has 0 aliphatic rings. The first kappa shape index (κ1) is 19.1. The van der Waals surface area contributed by atoms with Crippen LogP contribution in [0.25, 0.3) is 0 Å². The molecule has 6 heteroatoms. The summed E-state index contributed by atoms with van der Waals surface area (Å²) in [4.78, 5) is 11.8.